The van der Waals surface area contributed by atoms with E-state index in [-0.39, 0.29) is 6.54 Å². The van der Waals surface area contributed by atoms with Crippen molar-refractivity contribution < 1.29 is 13.2 Å². The van der Waals surface area contributed by atoms with Crippen molar-refractivity contribution in [2.75, 3.05) is 32.7 Å². The normalized spacial score (nSPS) is 17.2. The van der Waals surface area contributed by atoms with Crippen molar-refractivity contribution in [3.63, 3.8) is 0 Å². The van der Waals surface area contributed by atoms with Gasteiger partial charge in [-0.1, -0.05) is 12.8 Å². The summed E-state index contributed by atoms with van der Waals surface area (Å²) in [6.45, 7) is 7.01. The molecule has 0 bridgehead atoms. The van der Waals surface area contributed by atoms with Crippen LogP contribution in [0.2, 0.25) is 0 Å². The third kappa shape index (κ3) is 7.49. The Balaban J connectivity index is 1.76. The molecule has 0 amide bonds. The zero-order valence-corrected chi connectivity index (χ0v) is 16.1. The summed E-state index contributed by atoms with van der Waals surface area (Å²) >= 11 is 0.985. The molecule has 5 nitrogen and oxygen atoms in total. The Bertz CT molecular complexity index is 551. The van der Waals surface area contributed by atoms with E-state index in [0.717, 1.165) is 36.2 Å². The molecule has 148 valence electrons. The van der Waals surface area contributed by atoms with Gasteiger partial charge < -0.3 is 15.5 Å². The van der Waals surface area contributed by atoms with Crippen molar-refractivity contribution in [2.45, 2.75) is 51.7 Å². The zero-order chi connectivity index (χ0) is 18.8. The van der Waals surface area contributed by atoms with Gasteiger partial charge in [-0.3, -0.25) is 0 Å². The van der Waals surface area contributed by atoms with Gasteiger partial charge in [-0.2, -0.15) is 13.2 Å². The van der Waals surface area contributed by atoms with Gasteiger partial charge in [-0.15, -0.1) is 11.3 Å². The number of alkyl halides is 3. The Morgan fingerprint density at radius 3 is 2.58 bits per heavy atom. The van der Waals surface area contributed by atoms with Crippen molar-refractivity contribution >= 4 is 17.3 Å². The molecule has 2 heterocycles. The zero-order valence-electron chi connectivity index (χ0n) is 15.2. The highest BCUT2D eigenvalue weighted by Crippen LogP contribution is 2.30. The Morgan fingerprint density at radius 1 is 1.23 bits per heavy atom. The summed E-state index contributed by atoms with van der Waals surface area (Å²) < 4.78 is 37.8. The minimum atomic E-state index is -4.39. The van der Waals surface area contributed by atoms with E-state index < -0.39 is 11.9 Å². The quantitative estimate of drug-likeness (QED) is 0.424. The van der Waals surface area contributed by atoms with Crippen LogP contribution >= 0.6 is 11.3 Å². The first-order chi connectivity index (χ1) is 12.5. The van der Waals surface area contributed by atoms with E-state index in [0.29, 0.717) is 17.5 Å². The molecule has 1 aliphatic heterocycles. The van der Waals surface area contributed by atoms with Crippen LogP contribution in [-0.2, 0) is 12.7 Å². The van der Waals surface area contributed by atoms with Gasteiger partial charge in [0.05, 0.1) is 6.54 Å². The molecule has 0 aliphatic carbocycles. The van der Waals surface area contributed by atoms with Gasteiger partial charge in [0.2, 0.25) is 0 Å². The average Bonchev–Trinajstić information content (AvgIpc) is 2.93. The lowest BCUT2D eigenvalue weighted by atomic mass is 10.2. The van der Waals surface area contributed by atoms with Crippen LogP contribution in [0.5, 0.6) is 0 Å². The third-order valence-electron chi connectivity index (χ3n) is 4.20. The lowest BCUT2D eigenvalue weighted by Crippen LogP contribution is -2.39. The highest BCUT2D eigenvalue weighted by molar-refractivity contribution is 7.09. The predicted octanol–water partition coefficient (Wildman–Crippen LogP) is 3.48. The number of hydrogen-bond donors (Lipinski definition) is 2. The van der Waals surface area contributed by atoms with E-state index in [1.165, 1.54) is 38.8 Å². The molecular formula is C17H28F3N5S. The maximum Gasteiger partial charge on any atom is 0.434 e. The predicted molar refractivity (Wildman–Crippen MR) is 99.5 cm³/mol. The maximum absolute atomic E-state index is 12.6. The molecule has 9 heteroatoms. The number of thiazole rings is 1. The Kier molecular flexibility index (Phi) is 8.64. The minimum absolute atomic E-state index is 0.141. The number of aliphatic imine (C=N–C) groups is 1. The summed E-state index contributed by atoms with van der Waals surface area (Å²) in [7, 11) is 0. The van der Waals surface area contributed by atoms with Crippen molar-refractivity contribution in [3.8, 4) is 0 Å². The van der Waals surface area contributed by atoms with Crippen LogP contribution in [0.3, 0.4) is 0 Å². The van der Waals surface area contributed by atoms with Gasteiger partial charge >= 0.3 is 6.18 Å². The molecule has 0 unspecified atom stereocenters. The number of halogens is 3. The van der Waals surface area contributed by atoms with Gasteiger partial charge in [0, 0.05) is 18.5 Å². The summed E-state index contributed by atoms with van der Waals surface area (Å²) in [6, 6.07) is 0. The third-order valence-corrected chi connectivity index (χ3v) is 5.03. The largest absolute Gasteiger partial charge is 0.434 e. The van der Waals surface area contributed by atoms with Gasteiger partial charge in [-0.25, -0.2) is 9.98 Å². The van der Waals surface area contributed by atoms with E-state index in [9.17, 15) is 13.2 Å². The van der Waals surface area contributed by atoms with Gasteiger partial charge in [-0.05, 0) is 45.8 Å². The lowest BCUT2D eigenvalue weighted by Gasteiger charge is -2.20. The highest BCUT2D eigenvalue weighted by atomic mass is 32.1. The molecule has 0 atom stereocenters. The molecule has 1 aromatic heterocycles. The molecule has 0 saturated carbocycles. The number of nitrogens with zero attached hydrogens (tertiary/aromatic N) is 3. The van der Waals surface area contributed by atoms with Crippen molar-refractivity contribution in [3.05, 3.63) is 16.1 Å². The maximum atomic E-state index is 12.6. The van der Waals surface area contributed by atoms with Gasteiger partial charge in [0.25, 0.3) is 0 Å². The molecule has 26 heavy (non-hydrogen) atoms. The highest BCUT2D eigenvalue weighted by Gasteiger charge is 2.33. The number of nitrogens with one attached hydrogen (secondary N) is 2. The van der Waals surface area contributed by atoms with Crippen molar-refractivity contribution in [1.82, 2.24) is 20.5 Å². The monoisotopic (exact) mass is 391 g/mol. The number of likely N-dealkylation sites (tertiary alicyclic amines) is 1. The summed E-state index contributed by atoms with van der Waals surface area (Å²) in [5.74, 6) is 0.618. The molecule has 1 saturated heterocycles. The van der Waals surface area contributed by atoms with Crippen LogP contribution in [0.15, 0.2) is 10.4 Å². The number of rotatable bonds is 7. The molecule has 1 aliphatic rings. The van der Waals surface area contributed by atoms with Crippen LogP contribution in [0.4, 0.5) is 13.2 Å². The summed E-state index contributed by atoms with van der Waals surface area (Å²) in [4.78, 5) is 10.5. The van der Waals surface area contributed by atoms with E-state index in [1.807, 2.05) is 6.92 Å². The molecule has 2 N–H and O–H groups in total. The molecular weight excluding hydrogens is 363 g/mol. The first-order valence-electron chi connectivity index (χ1n) is 9.25. The van der Waals surface area contributed by atoms with Crippen LogP contribution in [-0.4, -0.2) is 48.6 Å². The Labute approximate surface area is 157 Å². The SMILES string of the molecule is CCNC(=NCc1nc(C(F)(F)F)cs1)NCCCN1CCCCCC1. The summed E-state index contributed by atoms with van der Waals surface area (Å²) in [5, 5.41) is 7.76. The fourth-order valence-electron chi connectivity index (χ4n) is 2.87. The van der Waals surface area contributed by atoms with E-state index in [1.54, 1.807) is 0 Å². The van der Waals surface area contributed by atoms with Crippen LogP contribution < -0.4 is 10.6 Å². The number of hydrogen-bond acceptors (Lipinski definition) is 4. The first kappa shape index (κ1) is 21.0. The van der Waals surface area contributed by atoms with E-state index in [4.69, 9.17) is 0 Å². The molecule has 0 spiro atoms. The topological polar surface area (TPSA) is 52.6 Å². The van der Waals surface area contributed by atoms with Crippen molar-refractivity contribution in [1.29, 1.82) is 0 Å². The van der Waals surface area contributed by atoms with Gasteiger partial charge in [0.1, 0.15) is 5.01 Å². The molecule has 0 aromatic carbocycles. The van der Waals surface area contributed by atoms with Gasteiger partial charge in [0.15, 0.2) is 11.7 Å². The Morgan fingerprint density at radius 2 is 1.96 bits per heavy atom. The lowest BCUT2D eigenvalue weighted by molar-refractivity contribution is -0.140. The standard InChI is InChI=1S/C17H28F3N5S/c1-2-21-16(22-8-7-11-25-9-5-3-4-6-10-25)23-12-15-24-14(13-26-15)17(18,19)20/h13H,2-12H2,1H3,(H2,21,22,23). The van der Waals surface area contributed by atoms with Crippen LogP contribution in [0.25, 0.3) is 0 Å². The average molecular weight is 392 g/mol. The second kappa shape index (κ2) is 10.7. The fourth-order valence-corrected chi connectivity index (χ4v) is 3.60. The second-order valence-electron chi connectivity index (χ2n) is 6.36. The summed E-state index contributed by atoms with van der Waals surface area (Å²) in [6.07, 6.45) is 1.85. The smallest absolute Gasteiger partial charge is 0.357 e. The molecule has 1 fully saturated rings. The van der Waals surface area contributed by atoms with E-state index >= 15 is 0 Å². The van der Waals surface area contributed by atoms with Crippen molar-refractivity contribution in [2.24, 2.45) is 4.99 Å². The second-order valence-corrected chi connectivity index (χ2v) is 7.30. The molecule has 0 radical (unpaired) electrons. The minimum Gasteiger partial charge on any atom is -0.357 e. The fraction of sp³-hybridized carbons (Fsp3) is 0.765. The molecule has 2 rings (SSSR count). The van der Waals surface area contributed by atoms with Crippen LogP contribution in [0.1, 0.15) is 49.7 Å². The first-order valence-corrected chi connectivity index (χ1v) is 10.1. The number of aromatic nitrogens is 1. The van der Waals surface area contributed by atoms with E-state index in [2.05, 4.69) is 25.5 Å². The number of guanidine groups is 1. The molecule has 1 aromatic rings. The summed E-state index contributed by atoms with van der Waals surface area (Å²) in [5.41, 5.74) is -0.844. The van der Waals surface area contributed by atoms with Crippen LogP contribution in [0, 0.1) is 0 Å². The Hall–Kier alpha value is -1.35.